The van der Waals surface area contributed by atoms with Gasteiger partial charge in [-0.1, -0.05) is 24.3 Å². The van der Waals surface area contributed by atoms with Crippen LogP contribution >= 0.6 is 11.3 Å². The lowest BCUT2D eigenvalue weighted by molar-refractivity contribution is -0.122. The summed E-state index contributed by atoms with van der Waals surface area (Å²) in [6.45, 7) is 0.540. The molecule has 0 saturated carbocycles. The van der Waals surface area contributed by atoms with Crippen LogP contribution in [0.2, 0.25) is 0 Å². The number of rotatable bonds is 6. The Bertz CT molecular complexity index is 555. The van der Waals surface area contributed by atoms with Crippen LogP contribution in [0.3, 0.4) is 0 Å². The highest BCUT2D eigenvalue weighted by Crippen LogP contribution is 2.18. The molecule has 1 unspecified atom stereocenters. The molecule has 2 aromatic rings. The highest BCUT2D eigenvalue weighted by atomic mass is 32.1. The molecule has 0 spiro atoms. The van der Waals surface area contributed by atoms with Gasteiger partial charge in [0.1, 0.15) is 11.8 Å². The number of hydrogen-bond donors (Lipinski definition) is 2. The molecule has 106 valence electrons. The Morgan fingerprint density at radius 1 is 1.35 bits per heavy atom. The molecule has 0 aliphatic carbocycles. The molecule has 1 aromatic carbocycles. The van der Waals surface area contributed by atoms with E-state index in [1.54, 1.807) is 7.11 Å². The van der Waals surface area contributed by atoms with Crippen LogP contribution in [0.15, 0.2) is 41.8 Å². The van der Waals surface area contributed by atoms with Gasteiger partial charge in [0.05, 0.1) is 7.11 Å². The minimum Gasteiger partial charge on any atom is -0.496 e. The molecule has 3 N–H and O–H groups in total. The van der Waals surface area contributed by atoms with Crippen molar-refractivity contribution in [2.24, 2.45) is 5.73 Å². The number of thiophene rings is 1. The SMILES string of the molecule is COc1ccccc1CCNC(=O)C(N)c1cccs1. The average Bonchev–Trinajstić information content (AvgIpc) is 3.01. The Balaban J connectivity index is 1.85. The van der Waals surface area contributed by atoms with Gasteiger partial charge in [0, 0.05) is 11.4 Å². The number of amides is 1. The van der Waals surface area contributed by atoms with Crippen molar-refractivity contribution < 1.29 is 9.53 Å². The van der Waals surface area contributed by atoms with Gasteiger partial charge in [0.2, 0.25) is 5.91 Å². The number of benzene rings is 1. The van der Waals surface area contributed by atoms with Crippen molar-refractivity contribution in [3.63, 3.8) is 0 Å². The number of carbonyl (C=O) groups is 1. The van der Waals surface area contributed by atoms with E-state index in [4.69, 9.17) is 10.5 Å². The van der Waals surface area contributed by atoms with Crippen molar-refractivity contribution in [2.75, 3.05) is 13.7 Å². The lowest BCUT2D eigenvalue weighted by Gasteiger charge is -2.12. The summed E-state index contributed by atoms with van der Waals surface area (Å²) in [7, 11) is 1.64. The van der Waals surface area contributed by atoms with Crippen molar-refractivity contribution in [1.82, 2.24) is 5.32 Å². The van der Waals surface area contributed by atoms with E-state index in [0.29, 0.717) is 13.0 Å². The fourth-order valence-electron chi connectivity index (χ4n) is 1.94. The van der Waals surface area contributed by atoms with Crippen LogP contribution in [0.1, 0.15) is 16.5 Å². The molecule has 20 heavy (non-hydrogen) atoms. The van der Waals surface area contributed by atoms with Crippen molar-refractivity contribution in [3.8, 4) is 5.75 Å². The van der Waals surface area contributed by atoms with Gasteiger partial charge < -0.3 is 15.8 Å². The predicted molar refractivity (Wildman–Crippen MR) is 81.0 cm³/mol. The molecule has 0 bridgehead atoms. The fourth-order valence-corrected chi connectivity index (χ4v) is 2.66. The predicted octanol–water partition coefficient (Wildman–Crippen LogP) is 2.12. The summed E-state index contributed by atoms with van der Waals surface area (Å²) >= 11 is 1.49. The van der Waals surface area contributed by atoms with Gasteiger partial charge >= 0.3 is 0 Å². The van der Waals surface area contributed by atoms with Gasteiger partial charge in [0.15, 0.2) is 0 Å². The third-order valence-corrected chi connectivity index (χ3v) is 3.97. The number of methoxy groups -OCH3 is 1. The third kappa shape index (κ3) is 3.59. The number of hydrogen-bond acceptors (Lipinski definition) is 4. The highest BCUT2D eigenvalue weighted by Gasteiger charge is 2.16. The number of ether oxygens (including phenoxy) is 1. The number of para-hydroxylation sites is 1. The van der Waals surface area contributed by atoms with E-state index >= 15 is 0 Å². The molecule has 1 amide bonds. The molecule has 1 heterocycles. The summed E-state index contributed by atoms with van der Waals surface area (Å²) in [5.41, 5.74) is 6.96. The van der Waals surface area contributed by atoms with Gasteiger partial charge in [-0.05, 0) is 29.5 Å². The van der Waals surface area contributed by atoms with E-state index in [9.17, 15) is 4.79 Å². The molecule has 0 radical (unpaired) electrons. The highest BCUT2D eigenvalue weighted by molar-refractivity contribution is 7.10. The molecular weight excluding hydrogens is 272 g/mol. The zero-order chi connectivity index (χ0) is 14.4. The van der Waals surface area contributed by atoms with Gasteiger partial charge in [-0.25, -0.2) is 0 Å². The number of nitrogens with two attached hydrogens (primary N) is 1. The molecule has 0 aliphatic rings. The van der Waals surface area contributed by atoms with Crippen LogP contribution in [0.4, 0.5) is 0 Å². The smallest absolute Gasteiger partial charge is 0.242 e. The average molecular weight is 290 g/mol. The van der Waals surface area contributed by atoms with Crippen LogP contribution in [-0.4, -0.2) is 19.6 Å². The summed E-state index contributed by atoms with van der Waals surface area (Å²) in [6, 6.07) is 11.0. The molecule has 4 nitrogen and oxygen atoms in total. The maximum atomic E-state index is 11.9. The largest absolute Gasteiger partial charge is 0.496 e. The van der Waals surface area contributed by atoms with Crippen LogP contribution in [0.5, 0.6) is 5.75 Å². The molecule has 0 fully saturated rings. The summed E-state index contributed by atoms with van der Waals surface area (Å²) < 4.78 is 5.27. The molecule has 2 rings (SSSR count). The van der Waals surface area contributed by atoms with Gasteiger partial charge in [-0.15, -0.1) is 11.3 Å². The topological polar surface area (TPSA) is 64.3 Å². The Kier molecular flexibility index (Phi) is 5.15. The first kappa shape index (κ1) is 14.6. The van der Waals surface area contributed by atoms with Crippen molar-refractivity contribution in [3.05, 3.63) is 52.2 Å². The van der Waals surface area contributed by atoms with E-state index < -0.39 is 6.04 Å². The zero-order valence-corrected chi connectivity index (χ0v) is 12.2. The second-order valence-corrected chi connectivity index (χ2v) is 5.33. The zero-order valence-electron chi connectivity index (χ0n) is 11.3. The fraction of sp³-hybridized carbons (Fsp3) is 0.267. The van der Waals surface area contributed by atoms with Gasteiger partial charge in [0.25, 0.3) is 0 Å². The maximum Gasteiger partial charge on any atom is 0.242 e. The van der Waals surface area contributed by atoms with E-state index in [-0.39, 0.29) is 5.91 Å². The molecule has 0 aliphatic heterocycles. The van der Waals surface area contributed by atoms with Crippen LogP contribution in [0, 0.1) is 0 Å². The normalized spacial score (nSPS) is 11.9. The maximum absolute atomic E-state index is 11.9. The van der Waals surface area contributed by atoms with Crippen LogP contribution in [-0.2, 0) is 11.2 Å². The minimum atomic E-state index is -0.590. The third-order valence-electron chi connectivity index (χ3n) is 3.02. The summed E-state index contributed by atoms with van der Waals surface area (Å²) in [4.78, 5) is 12.8. The monoisotopic (exact) mass is 290 g/mol. The standard InChI is InChI=1S/C15H18N2O2S/c1-19-12-6-3-2-5-11(12)8-9-17-15(18)14(16)13-7-4-10-20-13/h2-7,10,14H,8-9,16H2,1H3,(H,17,18). The molecule has 1 atom stereocenters. The molecule has 5 heteroatoms. The second-order valence-electron chi connectivity index (χ2n) is 4.35. The molecule has 1 aromatic heterocycles. The van der Waals surface area contributed by atoms with Gasteiger partial charge in [-0.3, -0.25) is 4.79 Å². The first-order chi connectivity index (χ1) is 9.72. The van der Waals surface area contributed by atoms with E-state index in [1.807, 2.05) is 41.8 Å². The quantitative estimate of drug-likeness (QED) is 0.856. The van der Waals surface area contributed by atoms with Crippen LogP contribution in [0.25, 0.3) is 0 Å². The van der Waals surface area contributed by atoms with Gasteiger partial charge in [-0.2, -0.15) is 0 Å². The Hall–Kier alpha value is -1.85. The van der Waals surface area contributed by atoms with Crippen molar-refractivity contribution >= 4 is 17.2 Å². The summed E-state index contributed by atoms with van der Waals surface area (Å²) in [6.07, 6.45) is 0.715. The first-order valence-corrected chi connectivity index (χ1v) is 7.29. The molecular formula is C15H18N2O2S. The number of carbonyl (C=O) groups excluding carboxylic acids is 1. The van der Waals surface area contributed by atoms with E-state index in [2.05, 4.69) is 5.32 Å². The lowest BCUT2D eigenvalue weighted by Crippen LogP contribution is -2.34. The Morgan fingerprint density at radius 3 is 2.85 bits per heavy atom. The van der Waals surface area contributed by atoms with E-state index in [1.165, 1.54) is 11.3 Å². The Labute approximate surface area is 122 Å². The minimum absolute atomic E-state index is 0.151. The molecule has 0 saturated heterocycles. The number of nitrogens with one attached hydrogen (secondary N) is 1. The lowest BCUT2D eigenvalue weighted by atomic mass is 10.1. The Morgan fingerprint density at radius 2 is 2.15 bits per heavy atom. The van der Waals surface area contributed by atoms with Crippen molar-refractivity contribution in [1.29, 1.82) is 0 Å². The summed E-state index contributed by atoms with van der Waals surface area (Å²) in [5.74, 6) is 0.687. The van der Waals surface area contributed by atoms with Crippen molar-refractivity contribution in [2.45, 2.75) is 12.5 Å². The first-order valence-electron chi connectivity index (χ1n) is 6.41. The second kappa shape index (κ2) is 7.07. The van der Waals surface area contributed by atoms with E-state index in [0.717, 1.165) is 16.2 Å². The van der Waals surface area contributed by atoms with Crippen LogP contribution < -0.4 is 15.8 Å². The summed E-state index contributed by atoms with van der Waals surface area (Å²) in [5, 5.41) is 4.77.